The molecule has 0 unspecified atom stereocenters. The van der Waals surface area contributed by atoms with Gasteiger partial charge in [-0.3, -0.25) is 29.9 Å². The number of ether oxygens (including phenoxy) is 1. The highest BCUT2D eigenvalue weighted by atomic mass is 16.6. The van der Waals surface area contributed by atoms with Gasteiger partial charge in [-0.15, -0.1) is 0 Å². The lowest BCUT2D eigenvalue weighted by atomic mass is 10.1. The van der Waals surface area contributed by atoms with Crippen LogP contribution in [-0.2, 0) is 26.2 Å². The van der Waals surface area contributed by atoms with E-state index >= 15 is 0 Å². The Bertz CT molecular complexity index is 1230. The number of hydrogen-bond donors (Lipinski definition) is 1. The fraction of sp³-hybridized carbons (Fsp3) is 0.208. The average Bonchev–Trinajstić information content (AvgIpc) is 3.24. The minimum Gasteiger partial charge on any atom is -0.497 e. The molecule has 0 bridgehead atoms. The zero-order chi connectivity index (χ0) is 24.2. The third-order valence-corrected chi connectivity index (χ3v) is 5.66. The maximum absolute atomic E-state index is 12.5. The maximum Gasteiger partial charge on any atom is 0.277 e. The number of nitrogens with one attached hydrogen (secondary N) is 1. The molecule has 34 heavy (non-hydrogen) atoms. The van der Waals surface area contributed by atoms with Crippen molar-refractivity contribution in [2.45, 2.75) is 26.2 Å². The fourth-order valence-electron chi connectivity index (χ4n) is 3.95. The Morgan fingerprint density at radius 1 is 0.912 bits per heavy atom. The lowest BCUT2D eigenvalue weighted by molar-refractivity contribution is -0.394. The molecule has 0 aliphatic carbocycles. The summed E-state index contributed by atoms with van der Waals surface area (Å²) in [7, 11) is 1.64. The van der Waals surface area contributed by atoms with Gasteiger partial charge >= 0.3 is 0 Å². The second kappa shape index (κ2) is 9.67. The van der Waals surface area contributed by atoms with Gasteiger partial charge in [-0.1, -0.05) is 30.3 Å². The van der Waals surface area contributed by atoms with Gasteiger partial charge in [0.1, 0.15) is 5.75 Å². The van der Waals surface area contributed by atoms with Crippen LogP contribution in [0.3, 0.4) is 0 Å². The Hall–Kier alpha value is -4.31. The number of nitro benzene ring substituents is 2. The Balaban J connectivity index is 1.39. The zero-order valence-electron chi connectivity index (χ0n) is 18.4. The van der Waals surface area contributed by atoms with Crippen molar-refractivity contribution in [1.29, 1.82) is 0 Å². The Kier molecular flexibility index (Phi) is 6.51. The predicted molar refractivity (Wildman–Crippen MR) is 123 cm³/mol. The molecule has 4 rings (SSSR count). The minimum absolute atomic E-state index is 0.132. The molecule has 0 saturated heterocycles. The molecule has 1 aliphatic rings. The van der Waals surface area contributed by atoms with Crippen LogP contribution in [0.15, 0.2) is 60.7 Å². The van der Waals surface area contributed by atoms with Crippen LogP contribution < -0.4 is 10.1 Å². The summed E-state index contributed by atoms with van der Waals surface area (Å²) >= 11 is 0. The van der Waals surface area contributed by atoms with Crippen molar-refractivity contribution in [2.24, 2.45) is 0 Å². The number of carbonyl (C=O) groups excluding carboxylic acids is 1. The highest BCUT2D eigenvalue weighted by Gasteiger charge is 2.21. The number of rotatable bonds is 8. The number of non-ortho nitro benzene ring substituents is 2. The Labute approximate surface area is 195 Å². The normalized spacial score (nSPS) is 12.7. The predicted octanol–water partition coefficient (Wildman–Crippen LogP) is 3.96. The second-order valence-electron chi connectivity index (χ2n) is 8.03. The first-order valence-electron chi connectivity index (χ1n) is 10.5. The minimum atomic E-state index is -0.762. The summed E-state index contributed by atoms with van der Waals surface area (Å²) in [5.74, 6) is 0.202. The number of benzene rings is 3. The Morgan fingerprint density at radius 3 is 2.15 bits per heavy atom. The van der Waals surface area contributed by atoms with E-state index in [0.29, 0.717) is 0 Å². The zero-order valence-corrected chi connectivity index (χ0v) is 18.4. The van der Waals surface area contributed by atoms with Gasteiger partial charge in [0.2, 0.25) is 0 Å². The van der Waals surface area contributed by atoms with Crippen molar-refractivity contribution in [1.82, 2.24) is 10.2 Å². The van der Waals surface area contributed by atoms with E-state index in [9.17, 15) is 25.0 Å². The quantitative estimate of drug-likeness (QED) is 0.396. The molecular weight excluding hydrogens is 440 g/mol. The first-order valence-corrected chi connectivity index (χ1v) is 10.5. The van der Waals surface area contributed by atoms with Crippen LogP contribution >= 0.6 is 0 Å². The van der Waals surface area contributed by atoms with E-state index in [4.69, 9.17) is 4.74 Å². The van der Waals surface area contributed by atoms with Crippen molar-refractivity contribution < 1.29 is 19.4 Å². The summed E-state index contributed by atoms with van der Waals surface area (Å²) in [6.07, 6.45) is 0. The summed E-state index contributed by atoms with van der Waals surface area (Å²) in [5, 5.41) is 24.8. The monoisotopic (exact) mass is 462 g/mol. The van der Waals surface area contributed by atoms with E-state index in [1.807, 2.05) is 42.5 Å². The van der Waals surface area contributed by atoms with E-state index in [0.717, 1.165) is 49.1 Å². The van der Waals surface area contributed by atoms with Crippen LogP contribution in [-0.4, -0.2) is 27.8 Å². The smallest absolute Gasteiger partial charge is 0.277 e. The topological polar surface area (TPSA) is 128 Å². The van der Waals surface area contributed by atoms with Crippen molar-refractivity contribution in [3.8, 4) is 5.75 Å². The number of carbonyl (C=O) groups is 1. The first-order chi connectivity index (χ1) is 16.3. The number of amides is 1. The number of nitro groups is 2. The molecule has 1 amide bonds. The van der Waals surface area contributed by atoms with Crippen LogP contribution in [0.25, 0.3) is 0 Å². The van der Waals surface area contributed by atoms with Gasteiger partial charge in [0.05, 0.1) is 28.6 Å². The van der Waals surface area contributed by atoms with Gasteiger partial charge in [-0.2, -0.15) is 0 Å². The van der Waals surface area contributed by atoms with Crippen LogP contribution in [0.5, 0.6) is 5.75 Å². The molecule has 1 aliphatic heterocycles. The molecule has 0 atom stereocenters. The number of methoxy groups -OCH3 is 1. The average molecular weight is 462 g/mol. The molecule has 3 aromatic carbocycles. The fourth-order valence-corrected chi connectivity index (χ4v) is 3.95. The first kappa shape index (κ1) is 22.9. The molecule has 0 aromatic heterocycles. The molecule has 174 valence electrons. The molecular formula is C24H22N4O6. The Morgan fingerprint density at radius 2 is 1.53 bits per heavy atom. The third-order valence-electron chi connectivity index (χ3n) is 5.66. The highest BCUT2D eigenvalue weighted by molar-refractivity contribution is 5.95. The van der Waals surface area contributed by atoms with Crippen LogP contribution in [0, 0.1) is 20.2 Å². The lowest BCUT2D eigenvalue weighted by Crippen LogP contribution is -2.23. The summed E-state index contributed by atoms with van der Waals surface area (Å²) in [4.78, 5) is 35.4. The molecule has 0 spiro atoms. The highest BCUT2D eigenvalue weighted by Crippen LogP contribution is 2.26. The van der Waals surface area contributed by atoms with Gasteiger partial charge in [0, 0.05) is 38.3 Å². The van der Waals surface area contributed by atoms with Gasteiger partial charge in [-0.05, 0) is 34.4 Å². The lowest BCUT2D eigenvalue weighted by Gasteiger charge is -2.15. The van der Waals surface area contributed by atoms with Gasteiger partial charge in [0.15, 0.2) is 0 Å². The van der Waals surface area contributed by atoms with E-state index in [2.05, 4.69) is 10.2 Å². The second-order valence-corrected chi connectivity index (χ2v) is 8.03. The van der Waals surface area contributed by atoms with E-state index in [1.165, 1.54) is 16.7 Å². The maximum atomic E-state index is 12.5. The van der Waals surface area contributed by atoms with Gasteiger partial charge in [-0.25, -0.2) is 0 Å². The number of hydrogen-bond acceptors (Lipinski definition) is 7. The molecule has 0 saturated carbocycles. The SMILES string of the molecule is COc1ccc(CN2Cc3ccc(CNC(=O)c4cc([N+](=O)[O-])cc([N+](=O)[O-])c4)cc3C2)cc1. The largest absolute Gasteiger partial charge is 0.497 e. The van der Waals surface area contributed by atoms with Crippen LogP contribution in [0.1, 0.15) is 32.6 Å². The van der Waals surface area contributed by atoms with E-state index in [-0.39, 0.29) is 12.1 Å². The summed E-state index contributed by atoms with van der Waals surface area (Å²) in [6, 6.07) is 16.8. The number of fused-ring (bicyclic) bond motifs is 1. The molecule has 0 radical (unpaired) electrons. The van der Waals surface area contributed by atoms with Crippen LogP contribution in [0.4, 0.5) is 11.4 Å². The standard InChI is InChI=1S/C24H22N4O6/c1-34-23-6-3-16(4-7-23)13-26-14-18-5-2-17(8-20(18)15-26)12-25-24(29)19-9-21(27(30)31)11-22(10-19)28(32)33/h2-11H,12-15H2,1H3,(H,25,29). The summed E-state index contributed by atoms with van der Waals surface area (Å²) in [6.45, 7) is 2.60. The van der Waals surface area contributed by atoms with E-state index < -0.39 is 27.1 Å². The van der Waals surface area contributed by atoms with Crippen molar-refractivity contribution in [3.05, 3.63) is 109 Å². The molecule has 10 nitrogen and oxygen atoms in total. The van der Waals surface area contributed by atoms with Crippen molar-refractivity contribution >= 4 is 17.3 Å². The van der Waals surface area contributed by atoms with E-state index in [1.54, 1.807) is 7.11 Å². The molecule has 1 heterocycles. The molecule has 10 heteroatoms. The van der Waals surface area contributed by atoms with Crippen molar-refractivity contribution in [3.63, 3.8) is 0 Å². The summed E-state index contributed by atoms with van der Waals surface area (Å²) < 4.78 is 5.20. The van der Waals surface area contributed by atoms with Crippen LogP contribution in [0.2, 0.25) is 0 Å². The summed E-state index contributed by atoms with van der Waals surface area (Å²) in [5.41, 5.74) is 3.31. The van der Waals surface area contributed by atoms with Crippen molar-refractivity contribution in [2.75, 3.05) is 7.11 Å². The number of nitrogens with zero attached hydrogens (tertiary/aromatic N) is 3. The molecule has 1 N–H and O–H groups in total. The van der Waals surface area contributed by atoms with Gasteiger partial charge in [0.25, 0.3) is 17.3 Å². The van der Waals surface area contributed by atoms with Gasteiger partial charge < -0.3 is 10.1 Å². The molecule has 0 fully saturated rings. The molecule has 3 aromatic rings. The third kappa shape index (κ3) is 5.18.